The highest BCUT2D eigenvalue weighted by molar-refractivity contribution is 8.00. The number of nitrogens with two attached hydrogens (primary N) is 1. The molecule has 146 valence electrons. The fourth-order valence-corrected chi connectivity index (χ4v) is 6.76. The van der Waals surface area contributed by atoms with Gasteiger partial charge in [0.05, 0.1) is 11.1 Å². The Morgan fingerprint density at radius 3 is 2.82 bits per heavy atom. The van der Waals surface area contributed by atoms with Gasteiger partial charge in [0.15, 0.2) is 4.34 Å². The van der Waals surface area contributed by atoms with E-state index in [1.807, 2.05) is 0 Å². The lowest BCUT2D eigenvalue weighted by Gasteiger charge is -2.15. The molecule has 0 aliphatic heterocycles. The fourth-order valence-electron chi connectivity index (χ4n) is 3.66. The van der Waals surface area contributed by atoms with E-state index >= 15 is 0 Å². The number of amides is 1. The van der Waals surface area contributed by atoms with E-state index in [0.29, 0.717) is 22.7 Å². The van der Waals surface area contributed by atoms with Crippen molar-refractivity contribution < 1.29 is 4.79 Å². The van der Waals surface area contributed by atoms with Crippen molar-refractivity contribution in [3.8, 4) is 0 Å². The van der Waals surface area contributed by atoms with E-state index in [0.717, 1.165) is 46.1 Å². The highest BCUT2D eigenvalue weighted by Gasteiger charge is 2.34. The fraction of sp³-hybridized carbons (Fsp3) is 0.500. The van der Waals surface area contributed by atoms with Crippen LogP contribution in [0.2, 0.25) is 0 Å². The number of thioether (sulfide) groups is 1. The zero-order valence-electron chi connectivity index (χ0n) is 15.5. The maximum absolute atomic E-state index is 11.9. The number of fused-ring (bicyclic) bond motifs is 3. The van der Waals surface area contributed by atoms with Gasteiger partial charge in [0.2, 0.25) is 11.0 Å². The van der Waals surface area contributed by atoms with E-state index in [1.54, 1.807) is 23.2 Å². The van der Waals surface area contributed by atoms with Gasteiger partial charge in [-0.3, -0.25) is 9.69 Å². The summed E-state index contributed by atoms with van der Waals surface area (Å²) in [6.45, 7) is 1.58. The molecule has 5 rings (SSSR count). The van der Waals surface area contributed by atoms with E-state index in [4.69, 9.17) is 10.7 Å². The maximum Gasteiger partial charge on any atom is 0.225 e. The summed E-state index contributed by atoms with van der Waals surface area (Å²) >= 11 is 4.75. The molecule has 3 aromatic heterocycles. The van der Waals surface area contributed by atoms with Crippen LogP contribution in [0.4, 0.5) is 10.9 Å². The lowest BCUT2D eigenvalue weighted by Crippen LogP contribution is -2.30. The highest BCUT2D eigenvalue weighted by atomic mass is 32.2. The highest BCUT2D eigenvalue weighted by Crippen LogP contribution is 2.39. The molecule has 0 bridgehead atoms. The van der Waals surface area contributed by atoms with Crippen molar-refractivity contribution in [3.05, 3.63) is 16.3 Å². The van der Waals surface area contributed by atoms with Gasteiger partial charge in [-0.1, -0.05) is 23.1 Å². The molecule has 0 radical (unpaired) electrons. The summed E-state index contributed by atoms with van der Waals surface area (Å²) in [6.07, 6.45) is 6.75. The summed E-state index contributed by atoms with van der Waals surface area (Å²) in [5.74, 6) is 1.92. The first kappa shape index (κ1) is 18.3. The molecule has 1 amide bonds. The molecule has 0 unspecified atom stereocenters. The number of aryl methyl sites for hydroxylation is 2. The van der Waals surface area contributed by atoms with E-state index in [2.05, 4.69) is 15.2 Å². The third-order valence-electron chi connectivity index (χ3n) is 5.07. The molecule has 1 fully saturated rings. The molecular formula is C18H20N6OS3. The van der Waals surface area contributed by atoms with Crippen LogP contribution in [0.1, 0.15) is 48.9 Å². The Balaban J connectivity index is 1.34. The summed E-state index contributed by atoms with van der Waals surface area (Å²) < 4.78 is 0.814. The third-order valence-corrected chi connectivity index (χ3v) is 8.30. The molecule has 1 saturated carbocycles. The quantitative estimate of drug-likeness (QED) is 0.483. The van der Waals surface area contributed by atoms with E-state index < -0.39 is 0 Å². The van der Waals surface area contributed by atoms with Gasteiger partial charge in [0.1, 0.15) is 16.5 Å². The standard InChI is InChI=1S/C18H20N6OS3/c1-9(25)24(10-6-7-10)17-22-23-18(28-17)26-8-13-20-15(19)14-11-4-2-3-5-12(11)27-16(14)21-13/h10H,2-8H2,1H3,(H2,19,20,21). The van der Waals surface area contributed by atoms with Crippen LogP contribution < -0.4 is 10.6 Å². The first-order valence-electron chi connectivity index (χ1n) is 9.43. The minimum absolute atomic E-state index is 0.0263. The minimum atomic E-state index is 0.0263. The van der Waals surface area contributed by atoms with E-state index in [9.17, 15) is 4.79 Å². The predicted molar refractivity (Wildman–Crippen MR) is 114 cm³/mol. The molecule has 0 saturated heterocycles. The molecule has 0 spiro atoms. The Morgan fingerprint density at radius 1 is 1.21 bits per heavy atom. The molecule has 2 aliphatic rings. The summed E-state index contributed by atoms with van der Waals surface area (Å²) in [5.41, 5.74) is 7.65. The Hall–Kier alpha value is -1.78. The van der Waals surface area contributed by atoms with Gasteiger partial charge in [-0.25, -0.2) is 9.97 Å². The maximum atomic E-state index is 11.9. The molecule has 10 heteroatoms. The number of nitrogens with zero attached hydrogens (tertiary/aromatic N) is 5. The topological polar surface area (TPSA) is 97.9 Å². The zero-order valence-corrected chi connectivity index (χ0v) is 17.9. The molecular weight excluding hydrogens is 412 g/mol. The normalized spacial score (nSPS) is 16.3. The van der Waals surface area contributed by atoms with Crippen LogP contribution in [0.3, 0.4) is 0 Å². The number of anilines is 2. The first-order chi connectivity index (χ1) is 13.6. The second-order valence-corrected chi connectivity index (χ2v) is 10.4. The minimum Gasteiger partial charge on any atom is -0.383 e. The van der Waals surface area contributed by atoms with Gasteiger partial charge in [-0.05, 0) is 44.1 Å². The van der Waals surface area contributed by atoms with Crippen LogP contribution in [0.25, 0.3) is 10.2 Å². The molecule has 7 nitrogen and oxygen atoms in total. The van der Waals surface area contributed by atoms with Crippen molar-refractivity contribution in [1.29, 1.82) is 0 Å². The van der Waals surface area contributed by atoms with Crippen LogP contribution >= 0.6 is 34.4 Å². The SMILES string of the molecule is CC(=O)N(c1nnc(SCc2nc(N)c3c4c(sc3n2)CCCC4)s1)C1CC1. The van der Waals surface area contributed by atoms with Gasteiger partial charge < -0.3 is 5.73 Å². The number of carbonyl (C=O) groups excluding carboxylic acids is 1. The van der Waals surface area contributed by atoms with Crippen molar-refractivity contribution in [1.82, 2.24) is 20.2 Å². The smallest absolute Gasteiger partial charge is 0.225 e. The molecule has 2 N–H and O–H groups in total. The first-order valence-corrected chi connectivity index (χ1v) is 12.0. The molecule has 0 atom stereocenters. The summed E-state index contributed by atoms with van der Waals surface area (Å²) in [7, 11) is 0. The summed E-state index contributed by atoms with van der Waals surface area (Å²) in [4.78, 5) is 25.4. The van der Waals surface area contributed by atoms with E-state index in [1.165, 1.54) is 46.4 Å². The predicted octanol–water partition coefficient (Wildman–Crippen LogP) is 3.81. The number of nitrogen functional groups attached to an aromatic ring is 1. The van der Waals surface area contributed by atoms with Crippen molar-refractivity contribution in [2.24, 2.45) is 0 Å². The monoisotopic (exact) mass is 432 g/mol. The van der Waals surface area contributed by atoms with Crippen molar-refractivity contribution in [2.45, 2.75) is 61.6 Å². The number of carbonyl (C=O) groups is 1. The van der Waals surface area contributed by atoms with Crippen molar-refractivity contribution in [2.75, 3.05) is 10.6 Å². The molecule has 0 aromatic carbocycles. The van der Waals surface area contributed by atoms with Gasteiger partial charge in [0.25, 0.3) is 0 Å². The number of aromatic nitrogens is 4. The lowest BCUT2D eigenvalue weighted by molar-refractivity contribution is -0.116. The second kappa shape index (κ2) is 7.23. The Morgan fingerprint density at radius 2 is 2.04 bits per heavy atom. The Bertz CT molecular complexity index is 1060. The molecule has 2 aliphatic carbocycles. The van der Waals surface area contributed by atoms with Gasteiger partial charge in [-0.15, -0.1) is 21.5 Å². The van der Waals surface area contributed by atoms with Gasteiger partial charge >= 0.3 is 0 Å². The second-order valence-electron chi connectivity index (χ2n) is 7.18. The molecule has 28 heavy (non-hydrogen) atoms. The average Bonchev–Trinajstić information content (AvgIpc) is 3.25. The van der Waals surface area contributed by atoms with Crippen LogP contribution in [-0.2, 0) is 23.4 Å². The zero-order chi connectivity index (χ0) is 19.3. The lowest BCUT2D eigenvalue weighted by atomic mass is 9.97. The Kier molecular flexibility index (Phi) is 4.72. The Labute approximate surface area is 174 Å². The number of hydrogen-bond donors (Lipinski definition) is 1. The number of rotatable bonds is 5. The summed E-state index contributed by atoms with van der Waals surface area (Å²) in [5, 5.41) is 10.2. The number of thiophene rings is 1. The third kappa shape index (κ3) is 3.37. The average molecular weight is 433 g/mol. The summed E-state index contributed by atoms with van der Waals surface area (Å²) in [6, 6.07) is 0.290. The van der Waals surface area contributed by atoms with Gasteiger partial charge in [-0.2, -0.15) is 0 Å². The van der Waals surface area contributed by atoms with Crippen LogP contribution in [0, 0.1) is 0 Å². The van der Waals surface area contributed by atoms with Crippen LogP contribution in [0.15, 0.2) is 4.34 Å². The molecule has 3 heterocycles. The van der Waals surface area contributed by atoms with Crippen LogP contribution in [-0.4, -0.2) is 32.1 Å². The van der Waals surface area contributed by atoms with Crippen molar-refractivity contribution >= 4 is 61.5 Å². The van der Waals surface area contributed by atoms with E-state index in [-0.39, 0.29) is 5.91 Å². The molecule has 3 aromatic rings. The largest absolute Gasteiger partial charge is 0.383 e. The van der Waals surface area contributed by atoms with Crippen LogP contribution in [0.5, 0.6) is 0 Å². The van der Waals surface area contributed by atoms with Crippen molar-refractivity contribution in [3.63, 3.8) is 0 Å². The number of hydrogen-bond acceptors (Lipinski definition) is 9. The van der Waals surface area contributed by atoms with Gasteiger partial charge in [0, 0.05) is 17.8 Å².